The minimum Gasteiger partial charge on any atom is -0.288 e. The van der Waals surface area contributed by atoms with Crippen molar-refractivity contribution in [3.05, 3.63) is 77.5 Å². The summed E-state index contributed by atoms with van der Waals surface area (Å²) in [6, 6.07) is 19.7. The van der Waals surface area contributed by atoms with E-state index in [0.717, 1.165) is 18.2 Å². The first kappa shape index (κ1) is 13.7. The molecular formula is C22H18N2. The molecule has 2 aromatic carbocycles. The van der Waals surface area contributed by atoms with Crippen LogP contribution in [0.4, 0.5) is 0 Å². The summed E-state index contributed by atoms with van der Waals surface area (Å²) in [5.41, 5.74) is 8.66. The van der Waals surface area contributed by atoms with Gasteiger partial charge in [-0.25, -0.2) is 0 Å². The van der Waals surface area contributed by atoms with Crippen LogP contribution in [0.25, 0.3) is 22.4 Å². The van der Waals surface area contributed by atoms with Gasteiger partial charge in [-0.05, 0) is 59.2 Å². The normalized spacial score (nSPS) is 15.5. The van der Waals surface area contributed by atoms with Crippen LogP contribution in [-0.2, 0) is 6.54 Å². The van der Waals surface area contributed by atoms with Gasteiger partial charge in [0.25, 0.3) is 0 Å². The van der Waals surface area contributed by atoms with Gasteiger partial charge in [-0.1, -0.05) is 36.4 Å². The molecule has 0 N–H and O–H groups in total. The molecule has 3 aromatic rings. The van der Waals surface area contributed by atoms with Gasteiger partial charge < -0.3 is 0 Å². The Labute approximate surface area is 141 Å². The van der Waals surface area contributed by atoms with Crippen molar-refractivity contribution in [2.75, 3.05) is 0 Å². The van der Waals surface area contributed by atoms with Crippen LogP contribution < -0.4 is 0 Å². The van der Waals surface area contributed by atoms with Gasteiger partial charge in [-0.15, -0.1) is 0 Å². The molecule has 116 valence electrons. The number of rotatable bonds is 3. The second-order valence-electron chi connectivity index (χ2n) is 6.68. The van der Waals surface area contributed by atoms with Crippen molar-refractivity contribution >= 4 is 6.21 Å². The first-order chi connectivity index (χ1) is 11.9. The Bertz CT molecular complexity index is 952. The van der Waals surface area contributed by atoms with E-state index in [0.29, 0.717) is 0 Å². The van der Waals surface area contributed by atoms with Gasteiger partial charge in [0.15, 0.2) is 0 Å². The van der Waals surface area contributed by atoms with Crippen molar-refractivity contribution in [3.63, 3.8) is 0 Å². The number of fused-ring (bicyclic) bond motifs is 1. The van der Waals surface area contributed by atoms with E-state index in [-0.39, 0.29) is 0 Å². The number of aromatic nitrogens is 1. The Morgan fingerprint density at radius 3 is 2.75 bits per heavy atom. The molecule has 0 radical (unpaired) electrons. The molecule has 0 bridgehead atoms. The third-order valence-electron chi connectivity index (χ3n) is 4.97. The SMILES string of the molecule is C1=NCc2ccc(-c3cccnc3-c3cccc(C4CC4)c3)cc21. The van der Waals surface area contributed by atoms with Crippen molar-refractivity contribution in [1.29, 1.82) is 0 Å². The molecule has 2 nitrogen and oxygen atoms in total. The van der Waals surface area contributed by atoms with Crippen LogP contribution in [0, 0.1) is 0 Å². The molecule has 1 aliphatic carbocycles. The highest BCUT2D eigenvalue weighted by molar-refractivity contribution is 5.89. The third kappa shape index (κ3) is 2.35. The molecule has 0 atom stereocenters. The molecule has 2 aliphatic rings. The average molecular weight is 310 g/mol. The standard InChI is InChI=1S/C22H18N2/c1-3-16(15-6-7-15)11-18(4-1)22-21(5-2-10-24-22)17-8-9-19-13-23-14-20(19)12-17/h1-5,8-12,14-15H,6-7,13H2. The van der Waals surface area contributed by atoms with Gasteiger partial charge in [0.05, 0.1) is 12.2 Å². The molecular weight excluding hydrogens is 292 g/mol. The summed E-state index contributed by atoms with van der Waals surface area (Å²) in [6.45, 7) is 0.805. The zero-order valence-electron chi connectivity index (χ0n) is 13.4. The van der Waals surface area contributed by atoms with E-state index in [1.807, 2.05) is 18.5 Å². The van der Waals surface area contributed by atoms with E-state index in [4.69, 9.17) is 4.98 Å². The lowest BCUT2D eigenvalue weighted by Gasteiger charge is -2.11. The number of hydrogen-bond acceptors (Lipinski definition) is 2. The highest BCUT2D eigenvalue weighted by Crippen LogP contribution is 2.41. The minimum atomic E-state index is 0.758. The first-order valence-electron chi connectivity index (χ1n) is 8.57. The Morgan fingerprint density at radius 2 is 1.83 bits per heavy atom. The predicted octanol–water partition coefficient (Wildman–Crippen LogP) is 5.23. The zero-order chi connectivity index (χ0) is 15.9. The van der Waals surface area contributed by atoms with Crippen LogP contribution in [0.15, 0.2) is 65.8 Å². The molecule has 1 aromatic heterocycles. The minimum absolute atomic E-state index is 0.758. The molecule has 1 fully saturated rings. The van der Waals surface area contributed by atoms with Crippen LogP contribution in [0.3, 0.4) is 0 Å². The molecule has 0 amide bonds. The molecule has 0 saturated heterocycles. The van der Waals surface area contributed by atoms with Crippen molar-refractivity contribution in [2.24, 2.45) is 4.99 Å². The average Bonchev–Trinajstić information content (AvgIpc) is 3.39. The molecule has 1 aliphatic heterocycles. The Morgan fingerprint density at radius 1 is 0.875 bits per heavy atom. The second kappa shape index (κ2) is 5.41. The Balaban J connectivity index is 1.63. The largest absolute Gasteiger partial charge is 0.288 e. The van der Waals surface area contributed by atoms with Crippen LogP contribution in [0.1, 0.15) is 35.4 Å². The van der Waals surface area contributed by atoms with Gasteiger partial charge in [-0.2, -0.15) is 0 Å². The summed E-state index contributed by atoms with van der Waals surface area (Å²) in [6.07, 6.45) is 6.51. The second-order valence-corrected chi connectivity index (χ2v) is 6.68. The fourth-order valence-electron chi connectivity index (χ4n) is 3.49. The quantitative estimate of drug-likeness (QED) is 0.650. The van der Waals surface area contributed by atoms with E-state index >= 15 is 0 Å². The Hall–Kier alpha value is -2.74. The smallest absolute Gasteiger partial charge is 0.0780 e. The van der Waals surface area contributed by atoms with Gasteiger partial charge >= 0.3 is 0 Å². The first-order valence-corrected chi connectivity index (χ1v) is 8.57. The number of hydrogen-bond donors (Lipinski definition) is 0. The van der Waals surface area contributed by atoms with Crippen LogP contribution in [0.2, 0.25) is 0 Å². The van der Waals surface area contributed by atoms with Crippen LogP contribution in [-0.4, -0.2) is 11.2 Å². The molecule has 1 saturated carbocycles. The summed E-state index contributed by atoms with van der Waals surface area (Å²) in [5.74, 6) is 0.758. The third-order valence-corrected chi connectivity index (χ3v) is 4.97. The fourth-order valence-corrected chi connectivity index (χ4v) is 3.49. The van der Waals surface area contributed by atoms with E-state index in [1.54, 1.807) is 0 Å². The van der Waals surface area contributed by atoms with Gasteiger partial charge in [0.2, 0.25) is 0 Å². The van der Waals surface area contributed by atoms with Crippen molar-refractivity contribution in [1.82, 2.24) is 4.98 Å². The lowest BCUT2D eigenvalue weighted by atomic mass is 9.95. The van der Waals surface area contributed by atoms with Crippen molar-refractivity contribution in [2.45, 2.75) is 25.3 Å². The van der Waals surface area contributed by atoms with Gasteiger partial charge in [0, 0.05) is 23.5 Å². The summed E-state index contributed by atoms with van der Waals surface area (Å²) >= 11 is 0. The number of nitrogens with zero attached hydrogens (tertiary/aromatic N) is 2. The van der Waals surface area contributed by atoms with Gasteiger partial charge in [-0.3, -0.25) is 9.98 Å². The van der Waals surface area contributed by atoms with Crippen molar-refractivity contribution in [3.8, 4) is 22.4 Å². The maximum absolute atomic E-state index is 4.71. The van der Waals surface area contributed by atoms with Gasteiger partial charge in [0.1, 0.15) is 0 Å². The number of aliphatic imine (C=N–C) groups is 1. The molecule has 2 heterocycles. The molecule has 24 heavy (non-hydrogen) atoms. The lowest BCUT2D eigenvalue weighted by Crippen LogP contribution is -1.92. The van der Waals surface area contributed by atoms with Crippen molar-refractivity contribution < 1.29 is 0 Å². The molecule has 0 unspecified atom stereocenters. The van der Waals surface area contributed by atoms with Crippen LogP contribution >= 0.6 is 0 Å². The highest BCUT2D eigenvalue weighted by Gasteiger charge is 2.23. The fraction of sp³-hybridized carbons (Fsp3) is 0.182. The summed E-state index contributed by atoms with van der Waals surface area (Å²) in [5, 5.41) is 0. The molecule has 5 rings (SSSR count). The molecule has 0 spiro atoms. The highest BCUT2D eigenvalue weighted by atomic mass is 14.7. The maximum Gasteiger partial charge on any atom is 0.0780 e. The maximum atomic E-state index is 4.71. The predicted molar refractivity (Wildman–Crippen MR) is 98.4 cm³/mol. The van der Waals surface area contributed by atoms with E-state index in [9.17, 15) is 0 Å². The Kier molecular flexibility index (Phi) is 3.08. The summed E-state index contributed by atoms with van der Waals surface area (Å²) in [4.78, 5) is 9.07. The number of benzene rings is 2. The lowest BCUT2D eigenvalue weighted by molar-refractivity contribution is 1.11. The summed E-state index contributed by atoms with van der Waals surface area (Å²) in [7, 11) is 0. The molecule has 2 heteroatoms. The number of pyridine rings is 1. The topological polar surface area (TPSA) is 25.2 Å². The monoisotopic (exact) mass is 310 g/mol. The summed E-state index contributed by atoms with van der Waals surface area (Å²) < 4.78 is 0. The van der Waals surface area contributed by atoms with E-state index < -0.39 is 0 Å². The zero-order valence-corrected chi connectivity index (χ0v) is 13.4. The van der Waals surface area contributed by atoms with Crippen LogP contribution in [0.5, 0.6) is 0 Å². The van der Waals surface area contributed by atoms with E-state index in [2.05, 4.69) is 53.5 Å². The van der Waals surface area contributed by atoms with E-state index in [1.165, 1.54) is 46.2 Å².